The highest BCUT2D eigenvalue weighted by atomic mass is 35.5. The third-order valence-corrected chi connectivity index (χ3v) is 5.31. The van der Waals surface area contributed by atoms with Gasteiger partial charge in [-0.05, 0) is 72.8 Å². The number of halogens is 2. The van der Waals surface area contributed by atoms with Crippen LogP contribution in [-0.4, -0.2) is 18.4 Å². The standard InChI is InChI=1S/C23H18Cl2N2O3/c24-16-1-7-19(8-2-16)27-14-15(13-22(27)28)23(29)26-18-5-11-21(12-6-18)30-20-9-3-17(25)4-10-20/h1-12,15H,13-14H2,(H,26,29)/t15-/m1/s1. The van der Waals surface area contributed by atoms with Crippen LogP contribution in [-0.2, 0) is 9.59 Å². The molecule has 3 aromatic rings. The lowest BCUT2D eigenvalue weighted by molar-refractivity contribution is -0.122. The number of amides is 2. The first kappa shape index (κ1) is 20.3. The van der Waals surface area contributed by atoms with Gasteiger partial charge in [-0.25, -0.2) is 0 Å². The van der Waals surface area contributed by atoms with E-state index in [2.05, 4.69) is 5.32 Å². The first-order valence-electron chi connectivity index (χ1n) is 9.38. The molecule has 1 atom stereocenters. The molecule has 4 rings (SSSR count). The van der Waals surface area contributed by atoms with Crippen molar-refractivity contribution in [2.45, 2.75) is 6.42 Å². The first-order valence-corrected chi connectivity index (χ1v) is 10.1. The second-order valence-corrected chi connectivity index (χ2v) is 7.82. The monoisotopic (exact) mass is 440 g/mol. The summed E-state index contributed by atoms with van der Waals surface area (Å²) in [6, 6.07) is 21.1. The highest BCUT2D eigenvalue weighted by Gasteiger charge is 2.35. The lowest BCUT2D eigenvalue weighted by atomic mass is 10.1. The number of ether oxygens (including phenoxy) is 1. The molecule has 30 heavy (non-hydrogen) atoms. The van der Waals surface area contributed by atoms with Crippen LogP contribution < -0.4 is 15.0 Å². The first-order chi connectivity index (χ1) is 14.5. The molecule has 0 unspecified atom stereocenters. The molecule has 7 heteroatoms. The Morgan fingerprint density at radius 2 is 1.40 bits per heavy atom. The van der Waals surface area contributed by atoms with E-state index in [1.165, 1.54) is 0 Å². The zero-order chi connectivity index (χ0) is 21.1. The molecule has 0 aliphatic carbocycles. The van der Waals surface area contributed by atoms with Gasteiger partial charge >= 0.3 is 0 Å². The Balaban J connectivity index is 1.36. The fraction of sp³-hybridized carbons (Fsp3) is 0.130. The Morgan fingerprint density at radius 3 is 2.00 bits per heavy atom. The fourth-order valence-electron chi connectivity index (χ4n) is 3.24. The summed E-state index contributed by atoms with van der Waals surface area (Å²) in [5.74, 6) is 0.622. The molecule has 5 nitrogen and oxygen atoms in total. The zero-order valence-electron chi connectivity index (χ0n) is 15.8. The van der Waals surface area contributed by atoms with Crippen molar-refractivity contribution in [2.24, 2.45) is 5.92 Å². The predicted molar refractivity (Wildman–Crippen MR) is 119 cm³/mol. The smallest absolute Gasteiger partial charge is 0.229 e. The van der Waals surface area contributed by atoms with Crippen LogP contribution in [0.25, 0.3) is 0 Å². The van der Waals surface area contributed by atoms with Crippen LogP contribution >= 0.6 is 23.2 Å². The van der Waals surface area contributed by atoms with Gasteiger partial charge in [-0.2, -0.15) is 0 Å². The van der Waals surface area contributed by atoms with E-state index in [-0.39, 0.29) is 18.2 Å². The van der Waals surface area contributed by atoms with Gasteiger partial charge in [-0.15, -0.1) is 0 Å². The quantitative estimate of drug-likeness (QED) is 0.546. The second kappa shape index (κ2) is 8.78. The minimum Gasteiger partial charge on any atom is -0.457 e. The van der Waals surface area contributed by atoms with Crippen molar-refractivity contribution in [1.29, 1.82) is 0 Å². The molecule has 1 aliphatic rings. The van der Waals surface area contributed by atoms with Crippen LogP contribution in [0.4, 0.5) is 11.4 Å². The second-order valence-electron chi connectivity index (χ2n) is 6.95. The van der Waals surface area contributed by atoms with E-state index in [1.54, 1.807) is 77.7 Å². The summed E-state index contributed by atoms with van der Waals surface area (Å²) in [7, 11) is 0. The van der Waals surface area contributed by atoms with Gasteiger partial charge in [0.2, 0.25) is 11.8 Å². The maximum absolute atomic E-state index is 12.6. The molecule has 0 spiro atoms. The number of rotatable bonds is 5. The van der Waals surface area contributed by atoms with Crippen molar-refractivity contribution >= 4 is 46.4 Å². The van der Waals surface area contributed by atoms with Gasteiger partial charge in [0.1, 0.15) is 11.5 Å². The van der Waals surface area contributed by atoms with Crippen LogP contribution in [0.2, 0.25) is 10.0 Å². The van der Waals surface area contributed by atoms with Crippen LogP contribution in [0.1, 0.15) is 6.42 Å². The third-order valence-electron chi connectivity index (χ3n) is 4.81. The van der Waals surface area contributed by atoms with Crippen molar-refractivity contribution in [3.8, 4) is 11.5 Å². The summed E-state index contributed by atoms with van der Waals surface area (Å²) in [4.78, 5) is 26.6. The van der Waals surface area contributed by atoms with E-state index in [0.29, 0.717) is 33.8 Å². The van der Waals surface area contributed by atoms with Crippen molar-refractivity contribution < 1.29 is 14.3 Å². The van der Waals surface area contributed by atoms with Crippen molar-refractivity contribution in [1.82, 2.24) is 0 Å². The van der Waals surface area contributed by atoms with Gasteiger partial charge in [-0.1, -0.05) is 23.2 Å². The van der Waals surface area contributed by atoms with Gasteiger partial charge in [0.05, 0.1) is 5.92 Å². The molecule has 0 saturated carbocycles. The van der Waals surface area contributed by atoms with E-state index in [0.717, 1.165) is 5.69 Å². The summed E-state index contributed by atoms with van der Waals surface area (Å²) < 4.78 is 5.75. The molecule has 1 saturated heterocycles. The van der Waals surface area contributed by atoms with Crippen LogP contribution in [0, 0.1) is 5.92 Å². The molecule has 2 amide bonds. The summed E-state index contributed by atoms with van der Waals surface area (Å²) in [6.07, 6.45) is 0.173. The molecule has 1 fully saturated rings. The predicted octanol–water partition coefficient (Wildman–Crippen LogP) is 5.78. The average Bonchev–Trinajstić information content (AvgIpc) is 3.13. The minimum absolute atomic E-state index is 0.0795. The Morgan fingerprint density at radius 1 is 0.867 bits per heavy atom. The van der Waals surface area contributed by atoms with Crippen LogP contribution in [0.3, 0.4) is 0 Å². The number of carbonyl (C=O) groups is 2. The normalized spacial score (nSPS) is 15.9. The molecule has 3 aromatic carbocycles. The van der Waals surface area contributed by atoms with E-state index in [9.17, 15) is 9.59 Å². The summed E-state index contributed by atoms with van der Waals surface area (Å²) >= 11 is 11.8. The number of benzene rings is 3. The van der Waals surface area contributed by atoms with Gasteiger partial charge in [0, 0.05) is 34.4 Å². The lowest BCUT2D eigenvalue weighted by Gasteiger charge is -2.17. The van der Waals surface area contributed by atoms with Gasteiger partial charge in [-0.3, -0.25) is 9.59 Å². The average molecular weight is 441 g/mol. The van der Waals surface area contributed by atoms with Gasteiger partial charge in [0.25, 0.3) is 0 Å². The largest absolute Gasteiger partial charge is 0.457 e. The SMILES string of the molecule is O=C(Nc1ccc(Oc2ccc(Cl)cc2)cc1)[C@@H]1CC(=O)N(c2ccc(Cl)cc2)C1. The molecule has 1 N–H and O–H groups in total. The van der Waals surface area contributed by atoms with Crippen LogP contribution in [0.15, 0.2) is 72.8 Å². The summed E-state index contributed by atoms with van der Waals surface area (Å²) in [6.45, 7) is 0.337. The Kier molecular flexibility index (Phi) is 5.93. The number of nitrogens with one attached hydrogen (secondary N) is 1. The molecule has 152 valence electrons. The number of carbonyl (C=O) groups excluding carboxylic acids is 2. The maximum Gasteiger partial charge on any atom is 0.229 e. The minimum atomic E-state index is -0.418. The molecule has 0 radical (unpaired) electrons. The van der Waals surface area contributed by atoms with E-state index in [4.69, 9.17) is 27.9 Å². The Hall–Kier alpha value is -3.02. The molecule has 1 heterocycles. The maximum atomic E-state index is 12.6. The summed E-state index contributed by atoms with van der Waals surface area (Å²) in [5, 5.41) is 4.11. The molecular weight excluding hydrogens is 423 g/mol. The van der Waals surface area contributed by atoms with Crippen molar-refractivity contribution in [3.05, 3.63) is 82.8 Å². The van der Waals surface area contributed by atoms with Gasteiger partial charge < -0.3 is 15.0 Å². The number of hydrogen-bond donors (Lipinski definition) is 1. The van der Waals surface area contributed by atoms with E-state index < -0.39 is 5.92 Å². The Bertz CT molecular complexity index is 1050. The van der Waals surface area contributed by atoms with Crippen molar-refractivity contribution in [2.75, 3.05) is 16.8 Å². The molecule has 0 bridgehead atoms. The van der Waals surface area contributed by atoms with E-state index >= 15 is 0 Å². The van der Waals surface area contributed by atoms with Gasteiger partial charge in [0.15, 0.2) is 0 Å². The van der Waals surface area contributed by atoms with E-state index in [1.807, 2.05) is 0 Å². The highest BCUT2D eigenvalue weighted by Crippen LogP contribution is 2.28. The molecule has 1 aliphatic heterocycles. The number of hydrogen-bond acceptors (Lipinski definition) is 3. The Labute approximate surface area is 184 Å². The zero-order valence-corrected chi connectivity index (χ0v) is 17.4. The lowest BCUT2D eigenvalue weighted by Crippen LogP contribution is -2.28. The number of anilines is 2. The third kappa shape index (κ3) is 4.75. The van der Waals surface area contributed by atoms with Crippen molar-refractivity contribution in [3.63, 3.8) is 0 Å². The molecule has 0 aromatic heterocycles. The molecular formula is C23H18Cl2N2O3. The fourth-order valence-corrected chi connectivity index (χ4v) is 3.50. The van der Waals surface area contributed by atoms with Crippen LogP contribution in [0.5, 0.6) is 11.5 Å². The summed E-state index contributed by atoms with van der Waals surface area (Å²) in [5.41, 5.74) is 1.38. The highest BCUT2D eigenvalue weighted by molar-refractivity contribution is 6.30. The topological polar surface area (TPSA) is 58.6 Å². The number of nitrogens with zero attached hydrogens (tertiary/aromatic N) is 1.